The normalized spacial score (nSPS) is 11.1. The fourth-order valence-electron chi connectivity index (χ4n) is 3.85. The Morgan fingerprint density at radius 2 is 1.06 bits per heavy atom. The van der Waals surface area contributed by atoms with Crippen molar-refractivity contribution in [3.8, 4) is 11.5 Å². The molecular weight excluding hydrogens is 412 g/mol. The fraction of sp³-hybridized carbons (Fsp3) is 0.724. The number of hydrogen-bond acceptors (Lipinski definition) is 4. The molecule has 0 aliphatic carbocycles. The van der Waals surface area contributed by atoms with Gasteiger partial charge in [-0.25, -0.2) is 0 Å². The lowest BCUT2D eigenvalue weighted by Crippen LogP contribution is -2.12. The molecule has 0 aliphatic rings. The molecule has 0 unspecified atom stereocenters. The van der Waals surface area contributed by atoms with Gasteiger partial charge in [0.05, 0.1) is 0 Å². The number of hydrogen-bond donors (Lipinski definition) is 0. The Bertz CT molecular complexity index is 666. The molecule has 0 aliphatic heterocycles. The zero-order valence-electron chi connectivity index (χ0n) is 21.8. The minimum atomic E-state index is -0.259. The van der Waals surface area contributed by atoms with E-state index in [0.29, 0.717) is 30.3 Å². The maximum atomic E-state index is 12.4. The highest BCUT2D eigenvalue weighted by atomic mass is 16.6. The van der Waals surface area contributed by atoms with Crippen LogP contribution in [0.2, 0.25) is 0 Å². The summed E-state index contributed by atoms with van der Waals surface area (Å²) in [5, 5.41) is 0. The predicted octanol–water partition coefficient (Wildman–Crippen LogP) is 8.90. The number of esters is 2. The van der Waals surface area contributed by atoms with Gasteiger partial charge < -0.3 is 9.47 Å². The van der Waals surface area contributed by atoms with Crippen LogP contribution >= 0.6 is 0 Å². The molecule has 1 rings (SSSR count). The van der Waals surface area contributed by atoms with E-state index in [2.05, 4.69) is 27.7 Å². The number of carbonyl (C=O) groups excluding carboxylic acids is 2. The summed E-state index contributed by atoms with van der Waals surface area (Å²) in [4.78, 5) is 24.8. The molecule has 0 aromatic heterocycles. The molecule has 188 valence electrons. The average Bonchev–Trinajstić information content (AvgIpc) is 2.79. The first-order chi connectivity index (χ1) is 16.0. The highest BCUT2D eigenvalue weighted by molar-refractivity contribution is 5.76. The van der Waals surface area contributed by atoms with E-state index in [-0.39, 0.29) is 11.9 Å². The quantitative estimate of drug-likeness (QED) is 0.117. The van der Waals surface area contributed by atoms with E-state index in [9.17, 15) is 9.59 Å². The Labute approximate surface area is 202 Å². The van der Waals surface area contributed by atoms with Crippen molar-refractivity contribution in [1.29, 1.82) is 0 Å². The van der Waals surface area contributed by atoms with Gasteiger partial charge in [0, 0.05) is 12.8 Å². The van der Waals surface area contributed by atoms with Crippen LogP contribution in [0.25, 0.3) is 0 Å². The Kier molecular flexibility index (Phi) is 16.4. The average molecular weight is 461 g/mol. The van der Waals surface area contributed by atoms with E-state index < -0.39 is 0 Å². The molecule has 0 bridgehead atoms. The molecular formula is C29H48O4. The zero-order valence-corrected chi connectivity index (χ0v) is 21.8. The van der Waals surface area contributed by atoms with E-state index in [1.54, 1.807) is 6.07 Å². The third-order valence-electron chi connectivity index (χ3n) is 6.05. The SMILES string of the molecule is CCCCCCCCCC(=O)Oc1ccc(C(C)C)cc1OC(=O)CCCCCCCCC. The number of benzene rings is 1. The van der Waals surface area contributed by atoms with Crippen LogP contribution in [0.3, 0.4) is 0 Å². The molecule has 4 heteroatoms. The Hall–Kier alpha value is -1.84. The van der Waals surface area contributed by atoms with E-state index in [1.807, 2.05) is 12.1 Å². The fourth-order valence-corrected chi connectivity index (χ4v) is 3.85. The van der Waals surface area contributed by atoms with Crippen LogP contribution < -0.4 is 9.47 Å². The van der Waals surface area contributed by atoms with Gasteiger partial charge in [0.25, 0.3) is 0 Å². The van der Waals surface area contributed by atoms with E-state index in [1.165, 1.54) is 51.4 Å². The van der Waals surface area contributed by atoms with Crippen LogP contribution in [0.4, 0.5) is 0 Å². The summed E-state index contributed by atoms with van der Waals surface area (Å²) in [5.74, 6) is 0.490. The van der Waals surface area contributed by atoms with Gasteiger partial charge in [-0.1, -0.05) is 111 Å². The smallest absolute Gasteiger partial charge is 0.311 e. The van der Waals surface area contributed by atoms with Crippen LogP contribution in [-0.2, 0) is 9.59 Å². The highest BCUT2D eigenvalue weighted by Gasteiger charge is 2.16. The molecule has 0 saturated carbocycles. The summed E-state index contributed by atoms with van der Waals surface area (Å²) in [6.45, 7) is 8.60. The van der Waals surface area contributed by atoms with Crippen LogP contribution in [0.15, 0.2) is 18.2 Å². The lowest BCUT2D eigenvalue weighted by atomic mass is 10.0. The van der Waals surface area contributed by atoms with Gasteiger partial charge in [-0.05, 0) is 36.5 Å². The minimum Gasteiger partial charge on any atom is -0.423 e. The summed E-state index contributed by atoms with van der Waals surface area (Å²) in [5.41, 5.74) is 1.06. The molecule has 1 aromatic carbocycles. The predicted molar refractivity (Wildman–Crippen MR) is 137 cm³/mol. The van der Waals surface area contributed by atoms with E-state index in [0.717, 1.165) is 44.1 Å². The minimum absolute atomic E-state index is 0.256. The largest absolute Gasteiger partial charge is 0.423 e. The number of carbonyl (C=O) groups is 2. The third kappa shape index (κ3) is 14.1. The van der Waals surface area contributed by atoms with Crippen molar-refractivity contribution in [2.45, 2.75) is 136 Å². The van der Waals surface area contributed by atoms with Crippen LogP contribution in [-0.4, -0.2) is 11.9 Å². The van der Waals surface area contributed by atoms with Crippen molar-refractivity contribution in [2.24, 2.45) is 0 Å². The lowest BCUT2D eigenvalue weighted by molar-refractivity contribution is -0.137. The van der Waals surface area contributed by atoms with Crippen LogP contribution in [0.5, 0.6) is 11.5 Å². The monoisotopic (exact) mass is 460 g/mol. The van der Waals surface area contributed by atoms with Crippen molar-refractivity contribution >= 4 is 11.9 Å². The Balaban J connectivity index is 2.51. The molecule has 4 nitrogen and oxygen atoms in total. The molecule has 0 heterocycles. The van der Waals surface area contributed by atoms with Crippen molar-refractivity contribution in [2.75, 3.05) is 0 Å². The molecule has 0 radical (unpaired) electrons. The molecule has 0 spiro atoms. The van der Waals surface area contributed by atoms with Crippen molar-refractivity contribution in [1.82, 2.24) is 0 Å². The standard InChI is InChI=1S/C29H48O4/c1-5-7-9-11-13-15-17-19-28(30)32-26-22-21-25(24(3)4)23-27(26)33-29(31)20-18-16-14-12-10-8-6-2/h21-24H,5-20H2,1-4H3. The summed E-state index contributed by atoms with van der Waals surface area (Å²) >= 11 is 0. The van der Waals surface area contributed by atoms with Gasteiger partial charge in [0.1, 0.15) is 0 Å². The third-order valence-corrected chi connectivity index (χ3v) is 6.05. The van der Waals surface area contributed by atoms with Crippen molar-refractivity contribution in [3.63, 3.8) is 0 Å². The number of ether oxygens (including phenoxy) is 2. The van der Waals surface area contributed by atoms with Crippen LogP contribution in [0.1, 0.15) is 142 Å². The molecule has 33 heavy (non-hydrogen) atoms. The van der Waals surface area contributed by atoms with E-state index in [4.69, 9.17) is 9.47 Å². The molecule has 0 atom stereocenters. The van der Waals surface area contributed by atoms with Crippen LogP contribution in [0, 0.1) is 0 Å². The maximum absolute atomic E-state index is 12.4. The summed E-state index contributed by atoms with van der Waals surface area (Å²) in [6.07, 6.45) is 17.0. The Morgan fingerprint density at radius 1 is 0.636 bits per heavy atom. The molecule has 0 amide bonds. The molecule has 1 aromatic rings. The van der Waals surface area contributed by atoms with Crippen molar-refractivity contribution in [3.05, 3.63) is 23.8 Å². The van der Waals surface area contributed by atoms with Gasteiger partial charge in [-0.3, -0.25) is 9.59 Å². The zero-order chi connectivity index (χ0) is 24.3. The first kappa shape index (κ1) is 29.2. The van der Waals surface area contributed by atoms with Crippen molar-refractivity contribution < 1.29 is 19.1 Å². The topological polar surface area (TPSA) is 52.6 Å². The lowest BCUT2D eigenvalue weighted by Gasteiger charge is -2.14. The van der Waals surface area contributed by atoms with Gasteiger partial charge >= 0.3 is 11.9 Å². The number of unbranched alkanes of at least 4 members (excludes halogenated alkanes) is 12. The summed E-state index contributed by atoms with van der Waals surface area (Å²) < 4.78 is 11.2. The second kappa shape index (κ2) is 18.6. The van der Waals surface area contributed by atoms with Gasteiger partial charge in [0.2, 0.25) is 0 Å². The second-order valence-electron chi connectivity index (χ2n) is 9.55. The summed E-state index contributed by atoms with van der Waals surface area (Å²) in [6, 6.07) is 5.53. The summed E-state index contributed by atoms with van der Waals surface area (Å²) in [7, 11) is 0. The molecule has 0 N–H and O–H groups in total. The first-order valence-corrected chi connectivity index (χ1v) is 13.5. The van der Waals surface area contributed by atoms with Gasteiger partial charge in [-0.2, -0.15) is 0 Å². The molecule has 0 saturated heterocycles. The number of rotatable bonds is 19. The van der Waals surface area contributed by atoms with E-state index >= 15 is 0 Å². The van der Waals surface area contributed by atoms with Gasteiger partial charge in [0.15, 0.2) is 11.5 Å². The first-order valence-electron chi connectivity index (χ1n) is 13.5. The van der Waals surface area contributed by atoms with Gasteiger partial charge in [-0.15, -0.1) is 0 Å². The molecule has 0 fully saturated rings. The second-order valence-corrected chi connectivity index (χ2v) is 9.55. The highest BCUT2D eigenvalue weighted by Crippen LogP contribution is 2.32. The maximum Gasteiger partial charge on any atom is 0.311 e. The Morgan fingerprint density at radius 3 is 1.52 bits per heavy atom.